The number of hydrogen-bond donors (Lipinski definition) is 2. The van der Waals surface area contributed by atoms with E-state index < -0.39 is 22.6 Å². The Labute approximate surface area is 162 Å². The molecule has 1 unspecified atom stereocenters. The van der Waals surface area contributed by atoms with E-state index >= 15 is 0 Å². The first-order valence-corrected chi connectivity index (χ1v) is 9.99. The van der Waals surface area contributed by atoms with Gasteiger partial charge in [0.15, 0.2) is 18.1 Å². The number of aliphatic carboxylic acids is 1. The molecule has 0 saturated carbocycles. The molecule has 0 amide bonds. The van der Waals surface area contributed by atoms with Crippen molar-refractivity contribution in [1.82, 2.24) is 4.72 Å². The highest BCUT2D eigenvalue weighted by atomic mass is 32.2. The van der Waals surface area contributed by atoms with E-state index in [9.17, 15) is 13.2 Å². The highest BCUT2D eigenvalue weighted by molar-refractivity contribution is 7.89. The number of rotatable bonds is 7. The SMILES string of the molecule is N#Cc1ccc(S(=O)(=O)NCC2CCOc3c(OCC(=O)O)cccc32)cc1. The maximum absolute atomic E-state index is 12.5. The van der Waals surface area contributed by atoms with Gasteiger partial charge in [0.2, 0.25) is 10.0 Å². The molecule has 1 atom stereocenters. The number of carboxylic acid groups (broad SMARTS) is 1. The van der Waals surface area contributed by atoms with Crippen LogP contribution in [0.25, 0.3) is 0 Å². The molecule has 2 aromatic carbocycles. The Morgan fingerprint density at radius 1 is 1.29 bits per heavy atom. The van der Waals surface area contributed by atoms with Gasteiger partial charge in [0.05, 0.1) is 23.1 Å². The Hall–Kier alpha value is -3.09. The van der Waals surface area contributed by atoms with Gasteiger partial charge in [0.1, 0.15) is 0 Å². The monoisotopic (exact) mass is 402 g/mol. The van der Waals surface area contributed by atoms with Crippen molar-refractivity contribution in [2.24, 2.45) is 0 Å². The van der Waals surface area contributed by atoms with Crippen LogP contribution < -0.4 is 14.2 Å². The van der Waals surface area contributed by atoms with Crippen LogP contribution in [0, 0.1) is 11.3 Å². The molecule has 28 heavy (non-hydrogen) atoms. The van der Waals surface area contributed by atoms with Crippen molar-refractivity contribution in [3.8, 4) is 17.6 Å². The van der Waals surface area contributed by atoms with Crippen molar-refractivity contribution in [2.45, 2.75) is 17.2 Å². The van der Waals surface area contributed by atoms with E-state index in [2.05, 4.69) is 4.72 Å². The maximum Gasteiger partial charge on any atom is 0.341 e. The van der Waals surface area contributed by atoms with Crippen molar-refractivity contribution in [2.75, 3.05) is 19.8 Å². The predicted molar refractivity (Wildman–Crippen MR) is 98.8 cm³/mol. The molecular formula is C19H18N2O6S. The first kappa shape index (κ1) is 19.7. The molecular weight excluding hydrogens is 384 g/mol. The van der Waals surface area contributed by atoms with Gasteiger partial charge < -0.3 is 14.6 Å². The molecule has 0 aromatic heterocycles. The summed E-state index contributed by atoms with van der Waals surface area (Å²) in [5, 5.41) is 17.6. The van der Waals surface area contributed by atoms with Gasteiger partial charge in [-0.15, -0.1) is 0 Å². The fourth-order valence-electron chi connectivity index (χ4n) is 2.93. The van der Waals surface area contributed by atoms with Gasteiger partial charge in [-0.25, -0.2) is 17.9 Å². The van der Waals surface area contributed by atoms with E-state index in [1.165, 1.54) is 24.3 Å². The fourth-order valence-corrected chi connectivity index (χ4v) is 4.02. The lowest BCUT2D eigenvalue weighted by molar-refractivity contribution is -0.139. The zero-order valence-electron chi connectivity index (χ0n) is 14.8. The van der Waals surface area contributed by atoms with Crippen LogP contribution in [0.5, 0.6) is 11.5 Å². The summed E-state index contributed by atoms with van der Waals surface area (Å²) in [6.45, 7) is 0.0284. The number of nitrogens with one attached hydrogen (secondary N) is 1. The van der Waals surface area contributed by atoms with Gasteiger partial charge in [0.25, 0.3) is 0 Å². The third-order valence-corrected chi connectivity index (χ3v) is 5.77. The summed E-state index contributed by atoms with van der Waals surface area (Å²) in [5.41, 5.74) is 1.14. The number of ether oxygens (including phenoxy) is 2. The normalized spacial score (nSPS) is 15.8. The van der Waals surface area contributed by atoms with Gasteiger partial charge in [0, 0.05) is 18.0 Å². The number of nitriles is 1. The lowest BCUT2D eigenvalue weighted by atomic mass is 9.93. The molecule has 0 spiro atoms. The standard InChI is InChI=1S/C19H18N2O6S/c20-10-13-4-6-15(7-5-13)28(24,25)21-11-14-8-9-26-19-16(14)2-1-3-17(19)27-12-18(22)23/h1-7,14,21H,8-9,11-12H2,(H,22,23). The highest BCUT2D eigenvalue weighted by Crippen LogP contribution is 2.40. The zero-order chi connectivity index (χ0) is 20.1. The van der Waals surface area contributed by atoms with Crippen molar-refractivity contribution in [1.29, 1.82) is 5.26 Å². The molecule has 146 valence electrons. The van der Waals surface area contributed by atoms with Crippen molar-refractivity contribution >= 4 is 16.0 Å². The van der Waals surface area contributed by atoms with E-state index in [0.29, 0.717) is 30.1 Å². The highest BCUT2D eigenvalue weighted by Gasteiger charge is 2.26. The number of carbonyl (C=O) groups is 1. The van der Waals surface area contributed by atoms with Crippen LogP contribution in [0.3, 0.4) is 0 Å². The number of hydrogen-bond acceptors (Lipinski definition) is 6. The zero-order valence-corrected chi connectivity index (χ0v) is 15.6. The summed E-state index contributed by atoms with van der Waals surface area (Å²) in [7, 11) is -3.73. The second-order valence-corrected chi connectivity index (χ2v) is 7.95. The van der Waals surface area contributed by atoms with Gasteiger partial charge in [-0.3, -0.25) is 0 Å². The fraction of sp³-hybridized carbons (Fsp3) is 0.263. The topological polar surface area (TPSA) is 126 Å². The van der Waals surface area contributed by atoms with Crippen LogP contribution in [0.2, 0.25) is 0 Å². The lowest BCUT2D eigenvalue weighted by Crippen LogP contribution is -2.31. The number of carboxylic acids is 1. The number of nitrogens with zero attached hydrogens (tertiary/aromatic N) is 1. The van der Waals surface area contributed by atoms with Crippen LogP contribution in [0.1, 0.15) is 23.5 Å². The lowest BCUT2D eigenvalue weighted by Gasteiger charge is -2.27. The second kappa shape index (κ2) is 8.29. The Morgan fingerprint density at radius 2 is 2.04 bits per heavy atom. The molecule has 1 aliphatic heterocycles. The molecule has 0 bridgehead atoms. The van der Waals surface area contributed by atoms with Crippen molar-refractivity contribution < 1.29 is 27.8 Å². The smallest absolute Gasteiger partial charge is 0.341 e. The Bertz CT molecular complexity index is 1010. The number of sulfonamides is 1. The Morgan fingerprint density at radius 3 is 2.71 bits per heavy atom. The predicted octanol–water partition coefficient (Wildman–Crippen LogP) is 1.87. The van der Waals surface area contributed by atoms with E-state index in [4.69, 9.17) is 19.8 Å². The van der Waals surface area contributed by atoms with E-state index in [1.54, 1.807) is 12.1 Å². The summed E-state index contributed by atoms with van der Waals surface area (Å²) < 4.78 is 38.5. The summed E-state index contributed by atoms with van der Waals surface area (Å²) in [5.74, 6) is -0.484. The maximum atomic E-state index is 12.5. The third kappa shape index (κ3) is 4.42. The average molecular weight is 402 g/mol. The molecule has 0 aliphatic carbocycles. The van der Waals surface area contributed by atoms with E-state index in [0.717, 1.165) is 5.56 Å². The Kier molecular flexibility index (Phi) is 5.82. The minimum atomic E-state index is -3.73. The first-order valence-electron chi connectivity index (χ1n) is 8.51. The van der Waals surface area contributed by atoms with Crippen LogP contribution in [-0.4, -0.2) is 39.3 Å². The summed E-state index contributed by atoms with van der Waals surface area (Å²) in [6, 6.07) is 12.8. The van der Waals surface area contributed by atoms with E-state index in [1.807, 2.05) is 12.1 Å². The van der Waals surface area contributed by atoms with Gasteiger partial charge >= 0.3 is 5.97 Å². The molecule has 1 aliphatic rings. The molecule has 2 aromatic rings. The molecule has 0 radical (unpaired) electrons. The molecule has 9 heteroatoms. The van der Waals surface area contributed by atoms with Crippen molar-refractivity contribution in [3.05, 3.63) is 53.6 Å². The molecule has 3 rings (SSSR count). The van der Waals surface area contributed by atoms with Gasteiger partial charge in [-0.05, 0) is 36.8 Å². The Balaban J connectivity index is 1.75. The molecule has 2 N–H and O–H groups in total. The van der Waals surface area contributed by atoms with Gasteiger partial charge in [-0.2, -0.15) is 5.26 Å². The average Bonchev–Trinajstić information content (AvgIpc) is 2.70. The van der Waals surface area contributed by atoms with E-state index in [-0.39, 0.29) is 17.4 Å². The first-order chi connectivity index (χ1) is 13.4. The summed E-state index contributed by atoms with van der Waals surface area (Å²) in [4.78, 5) is 10.8. The molecule has 1 heterocycles. The summed E-state index contributed by atoms with van der Waals surface area (Å²) in [6.07, 6.45) is 0.602. The minimum absolute atomic E-state index is 0.0809. The number of fused-ring (bicyclic) bond motifs is 1. The quantitative estimate of drug-likeness (QED) is 0.724. The number of benzene rings is 2. The molecule has 8 nitrogen and oxygen atoms in total. The van der Waals surface area contributed by atoms with Crippen LogP contribution in [0.4, 0.5) is 0 Å². The van der Waals surface area contributed by atoms with Crippen molar-refractivity contribution in [3.63, 3.8) is 0 Å². The molecule has 0 fully saturated rings. The van der Waals surface area contributed by atoms with Crippen LogP contribution in [0.15, 0.2) is 47.4 Å². The van der Waals surface area contributed by atoms with Crippen LogP contribution >= 0.6 is 0 Å². The summed E-state index contributed by atoms with van der Waals surface area (Å²) >= 11 is 0. The molecule has 0 saturated heterocycles. The largest absolute Gasteiger partial charge is 0.489 e. The van der Waals surface area contributed by atoms with Crippen LogP contribution in [-0.2, 0) is 14.8 Å². The van der Waals surface area contributed by atoms with Gasteiger partial charge in [-0.1, -0.05) is 12.1 Å². The number of para-hydroxylation sites is 1. The minimum Gasteiger partial charge on any atom is -0.489 e. The third-order valence-electron chi connectivity index (χ3n) is 4.33. The second-order valence-electron chi connectivity index (χ2n) is 6.18.